The topological polar surface area (TPSA) is 47.3 Å². The maximum absolute atomic E-state index is 6.01. The number of hydrogen-bond donors (Lipinski definition) is 2. The highest BCUT2D eigenvalue weighted by Gasteiger charge is 2.26. The van der Waals surface area contributed by atoms with Crippen LogP contribution in [0.5, 0.6) is 5.75 Å². The molecule has 0 aliphatic heterocycles. The summed E-state index contributed by atoms with van der Waals surface area (Å²) in [6.45, 7) is 0. The van der Waals surface area contributed by atoms with Crippen LogP contribution in [0.3, 0.4) is 0 Å². The lowest BCUT2D eigenvalue weighted by Crippen LogP contribution is -2.44. The van der Waals surface area contributed by atoms with Crippen molar-refractivity contribution in [2.45, 2.75) is 24.9 Å². The molecule has 1 fully saturated rings. The summed E-state index contributed by atoms with van der Waals surface area (Å²) in [4.78, 5) is 0. The lowest BCUT2D eigenvalue weighted by atomic mass is 9.87. The van der Waals surface area contributed by atoms with Gasteiger partial charge in [0.1, 0.15) is 0 Å². The van der Waals surface area contributed by atoms with Crippen molar-refractivity contribution < 1.29 is 4.74 Å². The molecule has 1 aromatic rings. The van der Waals surface area contributed by atoms with Gasteiger partial charge in [0.2, 0.25) is 0 Å². The molecular weight excluding hydrogens is 212 g/mol. The number of anilines is 1. The molecule has 1 saturated carbocycles. The second-order valence-electron chi connectivity index (χ2n) is 3.89. The summed E-state index contributed by atoms with van der Waals surface area (Å²) in [5.74, 6) is 0.708. The number of halogens is 1. The molecule has 0 aromatic heterocycles. The van der Waals surface area contributed by atoms with Crippen LogP contribution in [-0.2, 0) is 0 Å². The third kappa shape index (κ3) is 2.19. The van der Waals surface area contributed by atoms with Gasteiger partial charge in [-0.1, -0.05) is 17.7 Å². The highest BCUT2D eigenvalue weighted by Crippen LogP contribution is 2.34. The first-order chi connectivity index (χ1) is 7.20. The molecule has 3 N–H and O–H groups in total. The zero-order chi connectivity index (χ0) is 10.8. The fraction of sp³-hybridized carbons (Fsp3) is 0.455. The molecular formula is C11H15ClN2O. The summed E-state index contributed by atoms with van der Waals surface area (Å²) in [5, 5.41) is 4.01. The first kappa shape index (κ1) is 10.6. The summed E-state index contributed by atoms with van der Waals surface area (Å²) in [6, 6.07) is 6.48. The molecule has 0 atom stereocenters. The highest BCUT2D eigenvalue weighted by molar-refractivity contribution is 6.32. The number of benzene rings is 1. The first-order valence-corrected chi connectivity index (χ1v) is 5.43. The van der Waals surface area contributed by atoms with Gasteiger partial charge in [-0.25, -0.2) is 0 Å². The minimum absolute atomic E-state index is 0.340. The second-order valence-corrected chi connectivity index (χ2v) is 4.30. The molecule has 0 heterocycles. The predicted octanol–water partition coefficient (Wildman–Crippen LogP) is 2.25. The molecule has 0 radical (unpaired) electrons. The van der Waals surface area contributed by atoms with Gasteiger partial charge in [-0.2, -0.15) is 0 Å². The van der Waals surface area contributed by atoms with Gasteiger partial charge < -0.3 is 15.8 Å². The average molecular weight is 227 g/mol. The van der Waals surface area contributed by atoms with Crippen molar-refractivity contribution in [3.05, 3.63) is 23.2 Å². The van der Waals surface area contributed by atoms with Crippen LogP contribution in [-0.4, -0.2) is 19.2 Å². The van der Waals surface area contributed by atoms with E-state index in [-0.39, 0.29) is 0 Å². The van der Waals surface area contributed by atoms with E-state index in [2.05, 4.69) is 5.32 Å². The number of ether oxygens (including phenoxy) is 1. The fourth-order valence-electron chi connectivity index (χ4n) is 1.83. The van der Waals surface area contributed by atoms with Gasteiger partial charge in [-0.15, -0.1) is 0 Å². The SMILES string of the molecule is COc1c(Cl)cccc1NC1CC(N)C1. The van der Waals surface area contributed by atoms with Gasteiger partial charge in [-0.05, 0) is 25.0 Å². The van der Waals surface area contributed by atoms with Crippen LogP contribution in [0.1, 0.15) is 12.8 Å². The largest absolute Gasteiger partial charge is 0.493 e. The Balaban J connectivity index is 2.10. The number of nitrogens with one attached hydrogen (secondary N) is 1. The summed E-state index contributed by atoms with van der Waals surface area (Å²) in [7, 11) is 1.62. The van der Waals surface area contributed by atoms with Crippen LogP contribution < -0.4 is 15.8 Å². The van der Waals surface area contributed by atoms with Gasteiger partial charge in [0.15, 0.2) is 5.75 Å². The Morgan fingerprint density at radius 2 is 2.20 bits per heavy atom. The van der Waals surface area contributed by atoms with E-state index >= 15 is 0 Å². The van der Waals surface area contributed by atoms with E-state index in [1.807, 2.05) is 18.2 Å². The molecule has 1 aliphatic carbocycles. The second kappa shape index (κ2) is 4.29. The Morgan fingerprint density at radius 1 is 1.47 bits per heavy atom. The normalized spacial score (nSPS) is 24.5. The van der Waals surface area contributed by atoms with Gasteiger partial charge in [0.05, 0.1) is 17.8 Å². The molecule has 3 nitrogen and oxygen atoms in total. The maximum atomic E-state index is 6.01. The molecule has 1 aromatic carbocycles. The van der Waals surface area contributed by atoms with Crippen LogP contribution >= 0.6 is 11.6 Å². The average Bonchev–Trinajstić information content (AvgIpc) is 2.16. The molecule has 0 unspecified atom stereocenters. The van der Waals surface area contributed by atoms with Crippen molar-refractivity contribution in [2.75, 3.05) is 12.4 Å². The van der Waals surface area contributed by atoms with Gasteiger partial charge >= 0.3 is 0 Å². The van der Waals surface area contributed by atoms with E-state index in [1.165, 1.54) is 0 Å². The van der Waals surface area contributed by atoms with Crippen LogP contribution in [0.15, 0.2) is 18.2 Å². The minimum atomic E-state index is 0.340. The Kier molecular flexibility index (Phi) is 3.03. The number of rotatable bonds is 3. The van der Waals surface area contributed by atoms with Gasteiger partial charge in [0, 0.05) is 12.1 Å². The summed E-state index contributed by atoms with van der Waals surface area (Å²) < 4.78 is 5.25. The standard InChI is InChI=1S/C11H15ClN2O/c1-15-11-9(12)3-2-4-10(11)14-8-5-7(13)6-8/h2-4,7-8,14H,5-6,13H2,1H3. The van der Waals surface area contributed by atoms with Crippen LogP contribution in [0.4, 0.5) is 5.69 Å². The quantitative estimate of drug-likeness (QED) is 0.831. The molecule has 0 spiro atoms. The third-order valence-corrected chi connectivity index (χ3v) is 3.00. The molecule has 4 heteroatoms. The molecule has 15 heavy (non-hydrogen) atoms. The monoisotopic (exact) mass is 226 g/mol. The third-order valence-electron chi connectivity index (χ3n) is 2.71. The smallest absolute Gasteiger partial charge is 0.160 e. The molecule has 2 rings (SSSR count). The molecule has 0 bridgehead atoms. The van der Waals surface area contributed by atoms with E-state index in [0.717, 1.165) is 18.5 Å². The first-order valence-electron chi connectivity index (χ1n) is 5.05. The lowest BCUT2D eigenvalue weighted by molar-refractivity contribution is 0.370. The Bertz CT molecular complexity index is 350. The summed E-state index contributed by atoms with van der Waals surface area (Å²) in [5.41, 5.74) is 6.67. The maximum Gasteiger partial charge on any atom is 0.160 e. The minimum Gasteiger partial charge on any atom is -0.493 e. The van der Waals surface area contributed by atoms with E-state index in [1.54, 1.807) is 7.11 Å². The Labute approximate surface area is 94.6 Å². The predicted molar refractivity (Wildman–Crippen MR) is 62.6 cm³/mol. The van der Waals surface area contributed by atoms with Crippen molar-refractivity contribution in [1.29, 1.82) is 0 Å². The summed E-state index contributed by atoms with van der Waals surface area (Å²) >= 11 is 6.01. The van der Waals surface area contributed by atoms with Gasteiger partial charge in [0.25, 0.3) is 0 Å². The molecule has 0 saturated heterocycles. The number of nitrogens with two attached hydrogens (primary N) is 1. The molecule has 82 valence electrons. The Morgan fingerprint density at radius 3 is 2.80 bits per heavy atom. The summed E-state index contributed by atoms with van der Waals surface area (Å²) in [6.07, 6.45) is 2.02. The number of hydrogen-bond acceptors (Lipinski definition) is 3. The number of methoxy groups -OCH3 is 1. The van der Waals surface area contributed by atoms with Crippen LogP contribution in [0.25, 0.3) is 0 Å². The van der Waals surface area contributed by atoms with E-state index in [9.17, 15) is 0 Å². The molecule has 0 amide bonds. The van der Waals surface area contributed by atoms with E-state index in [0.29, 0.717) is 22.9 Å². The molecule has 1 aliphatic rings. The van der Waals surface area contributed by atoms with Crippen LogP contribution in [0.2, 0.25) is 5.02 Å². The van der Waals surface area contributed by atoms with Crippen LogP contribution in [0, 0.1) is 0 Å². The number of para-hydroxylation sites is 1. The fourth-order valence-corrected chi connectivity index (χ4v) is 2.08. The van der Waals surface area contributed by atoms with E-state index in [4.69, 9.17) is 22.1 Å². The highest BCUT2D eigenvalue weighted by atomic mass is 35.5. The van der Waals surface area contributed by atoms with Crippen molar-refractivity contribution in [1.82, 2.24) is 0 Å². The van der Waals surface area contributed by atoms with Crippen molar-refractivity contribution in [2.24, 2.45) is 5.73 Å². The lowest BCUT2D eigenvalue weighted by Gasteiger charge is -2.34. The van der Waals surface area contributed by atoms with E-state index < -0.39 is 0 Å². The van der Waals surface area contributed by atoms with Crippen molar-refractivity contribution >= 4 is 17.3 Å². The van der Waals surface area contributed by atoms with Crippen molar-refractivity contribution in [3.63, 3.8) is 0 Å². The van der Waals surface area contributed by atoms with Gasteiger partial charge in [-0.3, -0.25) is 0 Å². The zero-order valence-corrected chi connectivity index (χ0v) is 9.42. The van der Waals surface area contributed by atoms with Crippen molar-refractivity contribution in [3.8, 4) is 5.75 Å². The Hall–Kier alpha value is -0.930. The zero-order valence-electron chi connectivity index (χ0n) is 8.66.